The Bertz CT molecular complexity index is 3130. The minimum absolute atomic E-state index is 0.0131. The maximum Gasteiger partial charge on any atom is 0.334 e. The van der Waals surface area contributed by atoms with Crippen LogP contribution in [0.4, 0.5) is 17.1 Å². The molecule has 0 bridgehead atoms. The molecule has 0 saturated carbocycles. The van der Waals surface area contributed by atoms with Crippen molar-refractivity contribution in [2.75, 3.05) is 70.6 Å². The first-order chi connectivity index (χ1) is 43.1. The van der Waals surface area contributed by atoms with Crippen molar-refractivity contribution in [1.29, 1.82) is 0 Å². The smallest absolute Gasteiger partial charge is 0.334 e. The lowest BCUT2D eigenvalue weighted by molar-refractivity contribution is -0.141. The molecule has 90 heavy (non-hydrogen) atoms. The van der Waals surface area contributed by atoms with Gasteiger partial charge in [0.05, 0.1) is 56.7 Å². The van der Waals surface area contributed by atoms with E-state index in [1.165, 1.54) is 89.1 Å². The number of ether oxygens (including phenoxy) is 5. The van der Waals surface area contributed by atoms with Crippen molar-refractivity contribution in [3.8, 4) is 28.7 Å². The third-order valence-electron chi connectivity index (χ3n) is 14.0. The Labute approximate surface area is 520 Å². The van der Waals surface area contributed by atoms with Gasteiger partial charge in [-0.15, -0.1) is 0 Å². The first-order valence-corrected chi connectivity index (χ1v) is 29.3. The molecule has 29 heteroatoms. The van der Waals surface area contributed by atoms with Crippen LogP contribution in [-0.4, -0.2) is 154 Å². The molecule has 0 saturated heterocycles. The van der Waals surface area contributed by atoms with Crippen LogP contribution in [0.25, 0.3) is 0 Å². The lowest BCUT2D eigenvalue weighted by Crippen LogP contribution is -2.44. The Morgan fingerprint density at radius 3 is 1.11 bits per heavy atom. The van der Waals surface area contributed by atoms with Crippen molar-refractivity contribution in [2.24, 2.45) is 28.7 Å². The molecule has 0 aromatic heterocycles. The Morgan fingerprint density at radius 2 is 0.744 bits per heavy atom. The molecule has 0 heterocycles. The van der Waals surface area contributed by atoms with Gasteiger partial charge in [-0.2, -0.15) is 0 Å². The largest absolute Gasteiger partial charge is 0.496 e. The average Bonchev–Trinajstić information content (AvgIpc) is 1.37. The number of rotatable bonds is 40. The van der Waals surface area contributed by atoms with Gasteiger partial charge >= 0.3 is 17.9 Å². The first-order valence-electron chi connectivity index (χ1n) is 29.3. The molecule has 19 N–H and O–H groups in total. The van der Waals surface area contributed by atoms with Crippen molar-refractivity contribution in [1.82, 2.24) is 21.3 Å². The highest BCUT2D eigenvalue weighted by molar-refractivity contribution is 6.07. The molecule has 29 nitrogen and oxygen atoms in total. The maximum absolute atomic E-state index is 14.3. The molecule has 0 fully saturated rings. The summed E-state index contributed by atoms with van der Waals surface area (Å²) in [5.74, 6) is -8.82. The zero-order chi connectivity index (χ0) is 66.3. The summed E-state index contributed by atoms with van der Waals surface area (Å²) in [5, 5.41) is 37.3. The fourth-order valence-electron chi connectivity index (χ4n) is 9.07. The Kier molecular flexibility index (Phi) is 30.9. The summed E-state index contributed by atoms with van der Waals surface area (Å²) in [7, 11) is 5.23. The van der Waals surface area contributed by atoms with Crippen molar-refractivity contribution in [3.63, 3.8) is 0 Å². The second-order valence-corrected chi connectivity index (χ2v) is 20.6. The molecule has 5 atom stereocenters. The van der Waals surface area contributed by atoms with Gasteiger partial charge < -0.3 is 99.8 Å². The Hall–Kier alpha value is -9.42. The van der Waals surface area contributed by atoms with E-state index in [-0.39, 0.29) is 100 Å². The van der Waals surface area contributed by atoms with Crippen LogP contribution in [-0.2, 0) is 28.8 Å². The zero-order valence-electron chi connectivity index (χ0n) is 50.9. The molecule has 0 radical (unpaired) electrons. The van der Waals surface area contributed by atoms with Gasteiger partial charge in [-0.25, -0.2) is 9.59 Å². The Morgan fingerprint density at radius 1 is 0.411 bits per heavy atom. The minimum atomic E-state index is -1.58. The highest BCUT2D eigenvalue weighted by Crippen LogP contribution is 2.29. The van der Waals surface area contributed by atoms with E-state index in [9.17, 15) is 53.1 Å². The second kappa shape index (κ2) is 38.1. The predicted octanol–water partition coefficient (Wildman–Crippen LogP) is 2.73. The van der Waals surface area contributed by atoms with Crippen LogP contribution in [0, 0.1) is 0 Å². The number of nitrogens with two attached hydrogens (primary N) is 5. The van der Waals surface area contributed by atoms with Crippen LogP contribution in [0.15, 0.2) is 72.8 Å². The van der Waals surface area contributed by atoms with Gasteiger partial charge in [0.25, 0.3) is 23.6 Å². The van der Waals surface area contributed by atoms with Gasteiger partial charge in [-0.1, -0.05) is 6.42 Å². The van der Waals surface area contributed by atoms with E-state index in [1.807, 2.05) is 0 Å². The number of carbonyl (C=O) groups is 10. The standard InChI is InChI=1S/C61H84N12O17/c1-86-48-22-17-35(67-57(80)43(66)13-5-9-27-62)31-39(48)53(76)70-44(14-6-10-28-63)58(81)68-36-18-23-49(87-2)40(32-36)54(77)71-45(15-7-11-29-64)59(82)69-37-19-24-50(88-3)41(33-37)55(78)73-47(16-8-12-30-65)61(85)90-38-20-25-51(89-4)42(34-38)56(79)72-46(60(83)84)21-26-52(74)75/h17-20,22-25,31-34,43-47H,5-16,21,26-30,62-66H2,1-4H3,(H,67,80)(H,68,81)(H,69,82)(H,70,76)(H,71,77)(H,72,79)(H,73,78)(H,74,75)(H,83,84)/t43-,44-,45-,46-,47-/m0/s1. The average molecular weight is 1260 g/mol. The van der Waals surface area contributed by atoms with E-state index in [0.717, 1.165) is 6.07 Å². The number of methoxy groups -OCH3 is 4. The molecule has 0 spiro atoms. The number of benzene rings is 4. The number of hydrogen-bond acceptors (Lipinski definition) is 20. The highest BCUT2D eigenvalue weighted by atomic mass is 16.5. The summed E-state index contributed by atoms with van der Waals surface area (Å²) in [4.78, 5) is 134. The van der Waals surface area contributed by atoms with E-state index < -0.39 is 102 Å². The van der Waals surface area contributed by atoms with Crippen molar-refractivity contribution < 1.29 is 81.8 Å². The van der Waals surface area contributed by atoms with Crippen LogP contribution < -0.4 is 89.6 Å². The van der Waals surface area contributed by atoms with E-state index in [4.69, 9.17) is 57.5 Å². The van der Waals surface area contributed by atoms with Gasteiger partial charge in [0, 0.05) is 23.5 Å². The molecule has 7 amide bonds. The number of nitrogens with one attached hydrogen (secondary N) is 7. The molecular weight excluding hydrogens is 1170 g/mol. The normalized spacial score (nSPS) is 12.5. The van der Waals surface area contributed by atoms with Crippen molar-refractivity contribution >= 4 is 76.3 Å². The fraction of sp³-hybridized carbons (Fsp3) is 0.443. The van der Waals surface area contributed by atoms with Crippen LogP contribution in [0.5, 0.6) is 28.7 Å². The summed E-state index contributed by atoms with van der Waals surface area (Å²) < 4.78 is 27.4. The van der Waals surface area contributed by atoms with Crippen LogP contribution >= 0.6 is 0 Å². The van der Waals surface area contributed by atoms with Gasteiger partial charge in [0.2, 0.25) is 17.7 Å². The monoisotopic (exact) mass is 1260 g/mol. The second-order valence-electron chi connectivity index (χ2n) is 20.6. The van der Waals surface area contributed by atoms with Crippen molar-refractivity contribution in [2.45, 2.75) is 120 Å². The van der Waals surface area contributed by atoms with E-state index >= 15 is 0 Å². The van der Waals surface area contributed by atoms with Crippen LogP contribution in [0.2, 0.25) is 0 Å². The van der Waals surface area contributed by atoms with Crippen molar-refractivity contribution in [3.05, 3.63) is 95.1 Å². The summed E-state index contributed by atoms with van der Waals surface area (Å²) in [6.07, 6.45) is 3.66. The van der Waals surface area contributed by atoms with Gasteiger partial charge in [0.1, 0.15) is 52.9 Å². The third-order valence-corrected chi connectivity index (χ3v) is 14.0. The number of carbonyl (C=O) groups excluding carboxylic acids is 8. The number of aliphatic carboxylic acids is 2. The fourth-order valence-corrected chi connectivity index (χ4v) is 9.07. The molecule has 4 rings (SSSR count). The molecular formula is C61H84N12O17. The summed E-state index contributed by atoms with van der Waals surface area (Å²) in [6, 6.07) is 10.4. The van der Waals surface area contributed by atoms with E-state index in [0.29, 0.717) is 70.9 Å². The third kappa shape index (κ3) is 22.9. The molecule has 0 aliphatic carbocycles. The molecule has 4 aromatic rings. The number of amides is 7. The van der Waals surface area contributed by atoms with Gasteiger partial charge in [0.15, 0.2) is 0 Å². The van der Waals surface area contributed by atoms with Gasteiger partial charge in [-0.3, -0.25) is 38.4 Å². The summed E-state index contributed by atoms with van der Waals surface area (Å²) >= 11 is 0. The topological polar surface area (TPSA) is 472 Å². The van der Waals surface area contributed by atoms with Gasteiger partial charge in [-0.05, 0) is 176 Å². The first kappa shape index (κ1) is 73.1. The zero-order valence-corrected chi connectivity index (χ0v) is 50.9. The number of anilines is 3. The molecule has 0 unspecified atom stereocenters. The molecule has 0 aliphatic heterocycles. The number of esters is 1. The van der Waals surface area contributed by atoms with Crippen LogP contribution in [0.3, 0.4) is 0 Å². The predicted molar refractivity (Wildman–Crippen MR) is 333 cm³/mol. The highest BCUT2D eigenvalue weighted by Gasteiger charge is 2.30. The number of carboxylic acids is 2. The molecule has 0 aliphatic rings. The number of hydrogen-bond donors (Lipinski definition) is 14. The summed E-state index contributed by atoms with van der Waals surface area (Å²) in [5.41, 5.74) is 29.0. The summed E-state index contributed by atoms with van der Waals surface area (Å²) in [6.45, 7) is 1.31. The quantitative estimate of drug-likeness (QED) is 0.0173. The lowest BCUT2D eigenvalue weighted by Gasteiger charge is -2.21. The lowest BCUT2D eigenvalue weighted by atomic mass is 10.1. The van der Waals surface area contributed by atoms with Crippen LogP contribution in [0.1, 0.15) is 131 Å². The SMILES string of the molecule is COc1ccc(OC(=O)[C@H](CCCCN)NC(=O)c2cc(NC(=O)[C@H](CCCCN)NC(=O)c3cc(NC(=O)[C@H](CCCCN)NC(=O)c4cc(NC(=O)[C@@H](N)CCCCN)ccc4OC)ccc3OC)ccc2OC)cc1C(=O)N[C@@H](CCC(=O)O)C(=O)O. The maximum atomic E-state index is 14.3. The Balaban J connectivity index is 1.56. The van der Waals surface area contributed by atoms with E-state index in [1.54, 1.807) is 6.07 Å². The molecule has 4 aromatic carbocycles. The molecule has 490 valence electrons. The minimum Gasteiger partial charge on any atom is -0.496 e. The number of unbranched alkanes of at least 4 members (excludes halogenated alkanes) is 4. The number of carboxylic acid groups (broad SMARTS) is 2. The van der Waals surface area contributed by atoms with E-state index in [2.05, 4.69) is 37.2 Å².